The van der Waals surface area contributed by atoms with Crippen molar-refractivity contribution in [3.63, 3.8) is 0 Å². The number of nitrogens with one attached hydrogen (secondary N) is 2. The normalized spacial score (nSPS) is 30.0. The molecule has 0 spiro atoms. The maximum Gasteiger partial charge on any atom is 0.220 e. The van der Waals surface area contributed by atoms with Crippen molar-refractivity contribution in [2.75, 3.05) is 12.3 Å². The van der Waals surface area contributed by atoms with Crippen LogP contribution in [-0.4, -0.2) is 35.5 Å². The Morgan fingerprint density at radius 3 is 2.94 bits per heavy atom. The second-order valence-electron chi connectivity index (χ2n) is 5.35. The van der Waals surface area contributed by atoms with E-state index < -0.39 is 0 Å². The van der Waals surface area contributed by atoms with Gasteiger partial charge in [-0.1, -0.05) is 18.7 Å². The van der Waals surface area contributed by atoms with E-state index >= 15 is 0 Å². The molecule has 1 saturated heterocycles. The van der Waals surface area contributed by atoms with Gasteiger partial charge in [0.05, 0.1) is 0 Å². The summed E-state index contributed by atoms with van der Waals surface area (Å²) in [5, 5.41) is 7.45. The predicted octanol–water partition coefficient (Wildman–Crippen LogP) is 1.76. The van der Waals surface area contributed by atoms with Crippen LogP contribution >= 0.6 is 11.8 Å². The van der Waals surface area contributed by atoms with Gasteiger partial charge in [0.15, 0.2) is 5.17 Å². The zero-order valence-corrected chi connectivity index (χ0v) is 12.1. The molecule has 0 radical (unpaired) electrons. The SMILES string of the molecule is CC1CSC(=NCCCC(=O)NC2CC2)NC1C. The maximum atomic E-state index is 11.5. The molecule has 102 valence electrons. The summed E-state index contributed by atoms with van der Waals surface area (Å²) in [4.78, 5) is 16.0. The highest BCUT2D eigenvalue weighted by molar-refractivity contribution is 8.13. The predicted molar refractivity (Wildman–Crippen MR) is 76.9 cm³/mol. The number of hydrogen-bond acceptors (Lipinski definition) is 3. The molecule has 1 aliphatic heterocycles. The Balaban J connectivity index is 1.60. The van der Waals surface area contributed by atoms with Gasteiger partial charge in [0.2, 0.25) is 5.91 Å². The Morgan fingerprint density at radius 1 is 1.50 bits per heavy atom. The summed E-state index contributed by atoms with van der Waals surface area (Å²) < 4.78 is 0. The van der Waals surface area contributed by atoms with Crippen molar-refractivity contribution in [2.24, 2.45) is 10.9 Å². The van der Waals surface area contributed by atoms with Crippen LogP contribution in [0.2, 0.25) is 0 Å². The first-order valence-corrected chi connectivity index (χ1v) is 7.87. The number of thioether (sulfide) groups is 1. The number of hydrogen-bond donors (Lipinski definition) is 2. The van der Waals surface area contributed by atoms with E-state index in [0.717, 1.165) is 36.7 Å². The molecule has 0 aromatic carbocycles. The molecule has 2 rings (SSSR count). The van der Waals surface area contributed by atoms with E-state index in [1.54, 1.807) is 11.8 Å². The number of rotatable bonds is 5. The first-order valence-electron chi connectivity index (χ1n) is 6.88. The van der Waals surface area contributed by atoms with Crippen LogP contribution in [0, 0.1) is 5.92 Å². The van der Waals surface area contributed by atoms with Crippen LogP contribution in [0.25, 0.3) is 0 Å². The zero-order valence-electron chi connectivity index (χ0n) is 11.2. The van der Waals surface area contributed by atoms with Crippen LogP contribution < -0.4 is 10.6 Å². The van der Waals surface area contributed by atoms with Gasteiger partial charge in [-0.05, 0) is 32.1 Å². The van der Waals surface area contributed by atoms with Gasteiger partial charge in [0.1, 0.15) is 0 Å². The van der Waals surface area contributed by atoms with Crippen molar-refractivity contribution >= 4 is 22.8 Å². The summed E-state index contributed by atoms with van der Waals surface area (Å²) >= 11 is 1.79. The molecule has 0 aromatic rings. The standard InChI is InChI=1S/C13H23N3OS/c1-9-8-18-13(15-10(9)2)14-7-3-4-12(17)16-11-5-6-11/h9-11H,3-8H2,1-2H3,(H,14,15)(H,16,17). The molecule has 1 heterocycles. The van der Waals surface area contributed by atoms with Crippen molar-refractivity contribution in [1.82, 2.24) is 10.6 Å². The fraction of sp³-hybridized carbons (Fsp3) is 0.846. The summed E-state index contributed by atoms with van der Waals surface area (Å²) in [7, 11) is 0. The van der Waals surface area contributed by atoms with Crippen LogP contribution in [0.1, 0.15) is 39.5 Å². The largest absolute Gasteiger partial charge is 0.362 e. The number of nitrogens with zero attached hydrogens (tertiary/aromatic N) is 1. The molecule has 2 fully saturated rings. The highest BCUT2D eigenvalue weighted by Crippen LogP contribution is 2.20. The summed E-state index contributed by atoms with van der Waals surface area (Å²) in [5.74, 6) is 2.01. The fourth-order valence-electron chi connectivity index (χ4n) is 1.77. The average Bonchev–Trinajstić information content (AvgIpc) is 3.13. The Labute approximate surface area is 113 Å². The van der Waals surface area contributed by atoms with Gasteiger partial charge in [-0.25, -0.2) is 0 Å². The minimum Gasteiger partial charge on any atom is -0.362 e. The molecule has 0 aromatic heterocycles. The van der Waals surface area contributed by atoms with Crippen molar-refractivity contribution in [1.29, 1.82) is 0 Å². The lowest BCUT2D eigenvalue weighted by atomic mass is 10.1. The van der Waals surface area contributed by atoms with Gasteiger partial charge >= 0.3 is 0 Å². The van der Waals surface area contributed by atoms with Crippen molar-refractivity contribution < 1.29 is 4.79 Å². The van der Waals surface area contributed by atoms with Gasteiger partial charge in [0.25, 0.3) is 0 Å². The molecule has 1 aliphatic carbocycles. The first kappa shape index (κ1) is 13.7. The molecule has 0 bridgehead atoms. The molecule has 2 unspecified atom stereocenters. The quantitative estimate of drug-likeness (QED) is 0.748. The first-order chi connectivity index (χ1) is 8.65. The molecule has 18 heavy (non-hydrogen) atoms. The number of amidine groups is 1. The lowest BCUT2D eigenvalue weighted by Gasteiger charge is -2.28. The van der Waals surface area contributed by atoms with Gasteiger partial charge in [-0.15, -0.1) is 0 Å². The Morgan fingerprint density at radius 2 is 2.28 bits per heavy atom. The topological polar surface area (TPSA) is 53.5 Å². The molecular formula is C13H23N3OS. The van der Waals surface area contributed by atoms with Crippen molar-refractivity contribution in [3.05, 3.63) is 0 Å². The lowest BCUT2D eigenvalue weighted by Crippen LogP contribution is -2.41. The number of aliphatic imine (C=N–C) groups is 1. The second kappa shape index (κ2) is 6.45. The molecule has 2 atom stereocenters. The molecule has 1 saturated carbocycles. The van der Waals surface area contributed by atoms with Gasteiger partial charge in [-0.2, -0.15) is 0 Å². The number of amides is 1. The molecule has 5 heteroatoms. The minimum absolute atomic E-state index is 0.184. The second-order valence-corrected chi connectivity index (χ2v) is 6.36. The highest BCUT2D eigenvalue weighted by Gasteiger charge is 2.23. The summed E-state index contributed by atoms with van der Waals surface area (Å²) in [6.45, 7) is 5.20. The monoisotopic (exact) mass is 269 g/mol. The molecule has 4 nitrogen and oxygen atoms in total. The van der Waals surface area contributed by atoms with Crippen LogP contribution in [0.4, 0.5) is 0 Å². The number of carbonyl (C=O) groups is 1. The average molecular weight is 269 g/mol. The maximum absolute atomic E-state index is 11.5. The van der Waals surface area contributed by atoms with Gasteiger partial charge < -0.3 is 10.6 Å². The van der Waals surface area contributed by atoms with E-state index in [-0.39, 0.29) is 5.91 Å². The van der Waals surface area contributed by atoms with E-state index in [9.17, 15) is 4.79 Å². The third kappa shape index (κ3) is 4.52. The van der Waals surface area contributed by atoms with Crippen LogP contribution in [-0.2, 0) is 4.79 Å². The molecule has 2 aliphatic rings. The minimum atomic E-state index is 0.184. The molecule has 1 amide bonds. The zero-order chi connectivity index (χ0) is 13.0. The van der Waals surface area contributed by atoms with E-state index in [4.69, 9.17) is 0 Å². The van der Waals surface area contributed by atoms with Gasteiger partial charge in [-0.3, -0.25) is 9.79 Å². The summed E-state index contributed by atoms with van der Waals surface area (Å²) in [6.07, 6.45) is 3.76. The highest BCUT2D eigenvalue weighted by atomic mass is 32.2. The smallest absolute Gasteiger partial charge is 0.220 e. The van der Waals surface area contributed by atoms with E-state index in [1.807, 2.05) is 0 Å². The number of carbonyl (C=O) groups excluding carboxylic acids is 1. The van der Waals surface area contributed by atoms with E-state index in [0.29, 0.717) is 24.4 Å². The Kier molecular flexibility index (Phi) is 4.92. The van der Waals surface area contributed by atoms with E-state index in [2.05, 4.69) is 29.5 Å². The van der Waals surface area contributed by atoms with Gasteiger partial charge in [0, 0.05) is 30.8 Å². The summed E-state index contributed by atoms with van der Waals surface area (Å²) in [5.41, 5.74) is 0. The van der Waals surface area contributed by atoms with Crippen LogP contribution in [0.3, 0.4) is 0 Å². The third-order valence-corrected chi connectivity index (χ3v) is 4.66. The molecular weight excluding hydrogens is 246 g/mol. The summed E-state index contributed by atoms with van der Waals surface area (Å²) in [6, 6.07) is 0.977. The Hall–Kier alpha value is -0.710. The van der Waals surface area contributed by atoms with Crippen LogP contribution in [0.5, 0.6) is 0 Å². The Bertz CT molecular complexity index is 328. The fourth-order valence-corrected chi connectivity index (χ4v) is 2.93. The van der Waals surface area contributed by atoms with Crippen LogP contribution in [0.15, 0.2) is 4.99 Å². The third-order valence-electron chi connectivity index (χ3n) is 3.45. The van der Waals surface area contributed by atoms with Crippen molar-refractivity contribution in [3.8, 4) is 0 Å². The van der Waals surface area contributed by atoms with E-state index in [1.165, 1.54) is 0 Å². The van der Waals surface area contributed by atoms with Crippen molar-refractivity contribution in [2.45, 2.75) is 51.6 Å². The molecule has 2 N–H and O–H groups in total. The lowest BCUT2D eigenvalue weighted by molar-refractivity contribution is -0.121.